The monoisotopic (exact) mass is 395 g/mol. The Kier molecular flexibility index (Phi) is 4.36. The van der Waals surface area contributed by atoms with Crippen LogP contribution in [-0.2, 0) is 0 Å². The van der Waals surface area contributed by atoms with Gasteiger partial charge in [-0.25, -0.2) is 9.37 Å². The highest BCUT2D eigenvalue weighted by atomic mass is 35.5. The molecule has 2 aromatic carbocycles. The summed E-state index contributed by atoms with van der Waals surface area (Å²) in [7, 11) is 0. The molecule has 0 saturated carbocycles. The highest BCUT2D eigenvalue weighted by molar-refractivity contribution is 6.31. The lowest BCUT2D eigenvalue weighted by atomic mass is 10.1. The van der Waals surface area contributed by atoms with Crippen molar-refractivity contribution in [1.82, 2.24) is 19.8 Å². The Hall–Kier alpha value is -2.73. The first-order valence-corrected chi connectivity index (χ1v) is 9.94. The highest BCUT2D eigenvalue weighted by Gasteiger charge is 2.20. The molecule has 1 saturated heterocycles. The molecule has 0 spiro atoms. The smallest absolute Gasteiger partial charge is 0.186 e. The lowest BCUT2D eigenvalue weighted by Crippen LogP contribution is -2.25. The van der Waals surface area contributed by atoms with Gasteiger partial charge in [0.05, 0.1) is 5.52 Å². The Morgan fingerprint density at radius 1 is 0.964 bits per heavy atom. The number of anilines is 1. The summed E-state index contributed by atoms with van der Waals surface area (Å²) in [4.78, 5) is 7.29. The normalized spacial score (nSPS) is 15.3. The molecule has 1 aliphatic heterocycles. The number of nitrogens with zero attached hydrogens (tertiary/aromatic N) is 5. The summed E-state index contributed by atoms with van der Waals surface area (Å²) in [6.45, 7) is 1.92. The van der Waals surface area contributed by atoms with E-state index in [-0.39, 0.29) is 5.82 Å². The van der Waals surface area contributed by atoms with E-state index in [4.69, 9.17) is 16.6 Å². The van der Waals surface area contributed by atoms with Crippen LogP contribution in [0.1, 0.15) is 25.7 Å². The second-order valence-corrected chi connectivity index (χ2v) is 7.62. The highest BCUT2D eigenvalue weighted by Crippen LogP contribution is 2.32. The molecule has 4 aromatic rings. The number of aromatic nitrogens is 4. The summed E-state index contributed by atoms with van der Waals surface area (Å²) in [6.07, 6.45) is 4.76. The minimum absolute atomic E-state index is 0.307. The van der Waals surface area contributed by atoms with Crippen molar-refractivity contribution in [2.24, 2.45) is 0 Å². The number of fused-ring (bicyclic) bond motifs is 3. The van der Waals surface area contributed by atoms with Crippen molar-refractivity contribution in [2.45, 2.75) is 25.7 Å². The second kappa shape index (κ2) is 7.02. The van der Waals surface area contributed by atoms with Crippen LogP contribution in [0.4, 0.5) is 10.2 Å². The van der Waals surface area contributed by atoms with Crippen LogP contribution in [0.25, 0.3) is 27.8 Å². The Bertz CT molecular complexity index is 1160. The van der Waals surface area contributed by atoms with Crippen molar-refractivity contribution in [1.29, 1.82) is 0 Å². The van der Waals surface area contributed by atoms with Crippen LogP contribution in [-0.4, -0.2) is 32.9 Å². The maximum absolute atomic E-state index is 13.8. The van der Waals surface area contributed by atoms with Gasteiger partial charge in [-0.15, -0.1) is 5.10 Å². The molecule has 1 fully saturated rings. The largest absolute Gasteiger partial charge is 0.356 e. The average Bonchev–Trinajstić information content (AvgIpc) is 2.93. The van der Waals surface area contributed by atoms with E-state index >= 15 is 0 Å². The minimum atomic E-state index is -0.307. The molecule has 1 aliphatic rings. The Labute approximate surface area is 166 Å². The third kappa shape index (κ3) is 2.98. The third-order valence-electron chi connectivity index (χ3n) is 5.29. The van der Waals surface area contributed by atoms with E-state index in [0.29, 0.717) is 21.9 Å². The fourth-order valence-corrected chi connectivity index (χ4v) is 4.09. The topological polar surface area (TPSA) is 46.3 Å². The van der Waals surface area contributed by atoms with Gasteiger partial charge in [0.25, 0.3) is 0 Å². The molecule has 5 nitrogen and oxygen atoms in total. The summed E-state index contributed by atoms with van der Waals surface area (Å²) in [5.41, 5.74) is 2.76. The van der Waals surface area contributed by atoms with Crippen LogP contribution >= 0.6 is 11.6 Å². The minimum Gasteiger partial charge on any atom is -0.356 e. The molecule has 0 N–H and O–H groups in total. The predicted molar refractivity (Wildman–Crippen MR) is 109 cm³/mol. The number of hydrogen-bond acceptors (Lipinski definition) is 4. The van der Waals surface area contributed by atoms with E-state index in [2.05, 4.69) is 15.2 Å². The van der Waals surface area contributed by atoms with Gasteiger partial charge in [-0.2, -0.15) is 4.52 Å². The van der Waals surface area contributed by atoms with Gasteiger partial charge in [-0.3, -0.25) is 0 Å². The van der Waals surface area contributed by atoms with Gasteiger partial charge in [0, 0.05) is 29.1 Å². The molecular weight excluding hydrogens is 377 g/mol. The summed E-state index contributed by atoms with van der Waals surface area (Å²) < 4.78 is 15.5. The summed E-state index contributed by atoms with van der Waals surface area (Å²) in [6, 6.07) is 12.1. The molecule has 28 heavy (non-hydrogen) atoms. The van der Waals surface area contributed by atoms with Crippen molar-refractivity contribution < 1.29 is 4.39 Å². The average molecular weight is 396 g/mol. The van der Waals surface area contributed by atoms with E-state index in [1.54, 1.807) is 10.6 Å². The molecule has 0 atom stereocenters. The van der Waals surface area contributed by atoms with E-state index in [9.17, 15) is 4.39 Å². The zero-order valence-corrected chi connectivity index (χ0v) is 16.0. The molecule has 5 rings (SSSR count). The van der Waals surface area contributed by atoms with Crippen LogP contribution in [0.5, 0.6) is 0 Å². The summed E-state index contributed by atoms with van der Waals surface area (Å²) in [5.74, 6) is 0.589. The van der Waals surface area contributed by atoms with Gasteiger partial charge in [-0.1, -0.05) is 41.8 Å². The molecule has 0 radical (unpaired) electrons. The molecule has 0 unspecified atom stereocenters. The van der Waals surface area contributed by atoms with Crippen molar-refractivity contribution in [3.8, 4) is 11.3 Å². The van der Waals surface area contributed by atoms with Crippen LogP contribution in [0, 0.1) is 5.82 Å². The molecule has 0 bridgehead atoms. The van der Waals surface area contributed by atoms with Gasteiger partial charge >= 0.3 is 0 Å². The Morgan fingerprint density at radius 3 is 2.57 bits per heavy atom. The van der Waals surface area contributed by atoms with Crippen molar-refractivity contribution in [3.63, 3.8) is 0 Å². The maximum atomic E-state index is 13.8. The molecule has 142 valence electrons. The fourth-order valence-electron chi connectivity index (χ4n) is 3.92. The molecule has 7 heteroatoms. The first-order valence-electron chi connectivity index (χ1n) is 9.56. The standard InChI is InChI=1S/C21H19ClFN5/c22-15-8-9-18-17(13-15)20(27-10-3-1-2-4-11-27)24-21-19(25-26-28(18)21)14-6-5-7-16(23)12-14/h5-9,12-13H,1-4,10-11H2. The molecule has 2 aromatic heterocycles. The Morgan fingerprint density at radius 2 is 1.79 bits per heavy atom. The predicted octanol–water partition coefficient (Wildman–Crippen LogP) is 5.12. The first-order chi connectivity index (χ1) is 13.7. The molecule has 0 aliphatic carbocycles. The van der Waals surface area contributed by atoms with Gasteiger partial charge in [-0.05, 0) is 43.2 Å². The number of benzene rings is 2. The number of rotatable bonds is 2. The third-order valence-corrected chi connectivity index (χ3v) is 5.52. The quantitative estimate of drug-likeness (QED) is 0.472. The van der Waals surface area contributed by atoms with Crippen LogP contribution in [0.2, 0.25) is 5.02 Å². The SMILES string of the molecule is Fc1cccc(-c2nnn3c2nc(N2CCCCCC2)c2cc(Cl)ccc23)c1. The van der Waals surface area contributed by atoms with E-state index in [1.807, 2.05) is 24.3 Å². The van der Waals surface area contributed by atoms with E-state index < -0.39 is 0 Å². The van der Waals surface area contributed by atoms with Gasteiger partial charge in [0.15, 0.2) is 5.65 Å². The van der Waals surface area contributed by atoms with Crippen molar-refractivity contribution in [2.75, 3.05) is 18.0 Å². The number of hydrogen-bond donors (Lipinski definition) is 0. The molecule has 0 amide bonds. The van der Waals surface area contributed by atoms with Crippen LogP contribution in [0.3, 0.4) is 0 Å². The number of halogens is 2. The van der Waals surface area contributed by atoms with E-state index in [0.717, 1.165) is 42.7 Å². The van der Waals surface area contributed by atoms with Crippen LogP contribution < -0.4 is 4.90 Å². The summed E-state index contributed by atoms with van der Waals surface area (Å²) >= 11 is 6.30. The molecular formula is C21H19ClFN5. The molecule has 3 heterocycles. The van der Waals surface area contributed by atoms with E-state index in [1.165, 1.54) is 25.0 Å². The van der Waals surface area contributed by atoms with Gasteiger partial charge < -0.3 is 4.90 Å². The lowest BCUT2D eigenvalue weighted by Gasteiger charge is -2.23. The first kappa shape index (κ1) is 17.4. The van der Waals surface area contributed by atoms with Crippen molar-refractivity contribution in [3.05, 3.63) is 53.3 Å². The van der Waals surface area contributed by atoms with Gasteiger partial charge in [0.1, 0.15) is 17.3 Å². The van der Waals surface area contributed by atoms with Crippen molar-refractivity contribution >= 4 is 34.0 Å². The fraction of sp³-hybridized carbons (Fsp3) is 0.286. The zero-order valence-electron chi connectivity index (χ0n) is 15.3. The zero-order chi connectivity index (χ0) is 19.1. The summed E-state index contributed by atoms with van der Waals surface area (Å²) in [5, 5.41) is 10.2. The Balaban J connectivity index is 1.78. The van der Waals surface area contributed by atoms with Gasteiger partial charge in [0.2, 0.25) is 0 Å². The van der Waals surface area contributed by atoms with Crippen LogP contribution in [0.15, 0.2) is 42.5 Å². The second-order valence-electron chi connectivity index (χ2n) is 7.18. The lowest BCUT2D eigenvalue weighted by molar-refractivity contribution is 0.628. The maximum Gasteiger partial charge on any atom is 0.186 e.